The number of nitrogens with zero attached hydrogens (tertiary/aromatic N) is 5. The summed E-state index contributed by atoms with van der Waals surface area (Å²) in [6.07, 6.45) is 0. The third-order valence-corrected chi connectivity index (χ3v) is 9.98. The van der Waals surface area contributed by atoms with E-state index in [1.807, 2.05) is 30.3 Å². The third-order valence-electron chi connectivity index (χ3n) is 9.98. The Hall–Kier alpha value is -7.21. The maximum absolute atomic E-state index is 10.5. The smallest absolute Gasteiger partial charge is 0.157 e. The predicted octanol–water partition coefficient (Wildman–Crippen LogP) is 11.0. The molecule has 0 atom stereocenters. The zero-order valence-corrected chi connectivity index (χ0v) is 26.7. The molecule has 0 amide bonds. The largest absolute Gasteiger partial charge is 0.309 e. The molecule has 0 aliphatic heterocycles. The van der Waals surface area contributed by atoms with Crippen LogP contribution in [0, 0.1) is 22.7 Å². The van der Waals surface area contributed by atoms with Gasteiger partial charge in [0.25, 0.3) is 0 Å². The van der Waals surface area contributed by atoms with E-state index in [9.17, 15) is 10.5 Å². The standard InChI is InChI=1S/C45H25N5/c46-26-37-33-14-6-8-16-39(33)48-45(38(37)27-47)50-42-22-20-30(25-36(42)44-32-13-5-4-10-28(32)18-23-43(44)50)29-19-21-41-35(24-29)34-15-7-9-17-40(34)49(41)31-11-2-1-3-12-31/h1-25H. The lowest BCUT2D eigenvalue weighted by Crippen LogP contribution is -2.04. The summed E-state index contributed by atoms with van der Waals surface area (Å²) in [6, 6.07) is 57.1. The average molecular weight is 636 g/mol. The molecule has 0 radical (unpaired) electrons. The minimum absolute atomic E-state index is 0.266. The van der Waals surface area contributed by atoms with Crippen LogP contribution in [0.15, 0.2) is 152 Å². The fraction of sp³-hybridized carbons (Fsp3) is 0. The van der Waals surface area contributed by atoms with Gasteiger partial charge in [-0.25, -0.2) is 4.98 Å². The fourth-order valence-corrected chi connectivity index (χ4v) is 7.79. The molecule has 0 aliphatic rings. The van der Waals surface area contributed by atoms with Gasteiger partial charge >= 0.3 is 0 Å². The van der Waals surface area contributed by atoms with Crippen molar-refractivity contribution in [2.75, 3.05) is 0 Å². The van der Waals surface area contributed by atoms with E-state index in [1.54, 1.807) is 0 Å². The van der Waals surface area contributed by atoms with Crippen molar-refractivity contribution in [1.29, 1.82) is 10.5 Å². The molecule has 7 aromatic carbocycles. The number of benzene rings is 7. The molecule has 3 heterocycles. The van der Waals surface area contributed by atoms with Crippen LogP contribution in [0.1, 0.15) is 11.1 Å². The van der Waals surface area contributed by atoms with Gasteiger partial charge in [-0.3, -0.25) is 4.57 Å². The quantitative estimate of drug-likeness (QED) is 0.194. The van der Waals surface area contributed by atoms with Crippen molar-refractivity contribution >= 4 is 65.3 Å². The van der Waals surface area contributed by atoms with E-state index >= 15 is 0 Å². The second kappa shape index (κ2) is 10.7. The lowest BCUT2D eigenvalue weighted by molar-refractivity contribution is 1.09. The maximum Gasteiger partial charge on any atom is 0.157 e. The molecule has 0 saturated heterocycles. The number of fused-ring (bicyclic) bond motifs is 9. The molecule has 10 rings (SSSR count). The highest BCUT2D eigenvalue weighted by Crippen LogP contribution is 2.41. The number of aromatic nitrogens is 3. The normalized spacial score (nSPS) is 11.6. The van der Waals surface area contributed by atoms with Crippen molar-refractivity contribution in [2.45, 2.75) is 0 Å². The topological polar surface area (TPSA) is 70.3 Å². The van der Waals surface area contributed by atoms with Crippen molar-refractivity contribution in [3.05, 3.63) is 163 Å². The van der Waals surface area contributed by atoms with Crippen LogP contribution in [0.2, 0.25) is 0 Å². The van der Waals surface area contributed by atoms with Crippen LogP contribution < -0.4 is 0 Å². The Labute approximate surface area is 286 Å². The van der Waals surface area contributed by atoms with Crippen LogP contribution in [0.3, 0.4) is 0 Å². The molecular formula is C45H25N5. The van der Waals surface area contributed by atoms with E-state index in [4.69, 9.17) is 4.98 Å². The minimum atomic E-state index is 0.266. The third kappa shape index (κ3) is 3.89. The van der Waals surface area contributed by atoms with Crippen LogP contribution in [0.4, 0.5) is 0 Å². The van der Waals surface area contributed by atoms with Crippen molar-refractivity contribution in [3.63, 3.8) is 0 Å². The number of pyridine rings is 1. The fourth-order valence-electron chi connectivity index (χ4n) is 7.79. The van der Waals surface area contributed by atoms with Crippen LogP contribution in [0.5, 0.6) is 0 Å². The Kier molecular flexibility index (Phi) is 5.94. The first-order chi connectivity index (χ1) is 24.7. The van der Waals surface area contributed by atoms with Crippen molar-refractivity contribution < 1.29 is 0 Å². The molecule has 0 N–H and O–H groups in total. The molecule has 10 aromatic rings. The summed E-state index contributed by atoms with van der Waals surface area (Å²) in [5.74, 6) is 0.459. The number of hydrogen-bond acceptors (Lipinski definition) is 3. The highest BCUT2D eigenvalue weighted by Gasteiger charge is 2.22. The number of nitriles is 2. The van der Waals surface area contributed by atoms with Gasteiger partial charge in [-0.05, 0) is 76.5 Å². The van der Waals surface area contributed by atoms with Gasteiger partial charge in [-0.1, -0.05) is 97.1 Å². The maximum atomic E-state index is 10.5. The van der Waals surface area contributed by atoms with Gasteiger partial charge in [-0.2, -0.15) is 10.5 Å². The molecule has 0 spiro atoms. The Bertz CT molecular complexity index is 3110. The Morgan fingerprint density at radius 1 is 0.440 bits per heavy atom. The lowest BCUT2D eigenvalue weighted by Gasteiger charge is -2.12. The summed E-state index contributed by atoms with van der Waals surface area (Å²) in [7, 11) is 0. The van der Waals surface area contributed by atoms with Gasteiger partial charge in [0.1, 0.15) is 17.7 Å². The average Bonchev–Trinajstić information content (AvgIpc) is 3.69. The van der Waals surface area contributed by atoms with Gasteiger partial charge in [0.15, 0.2) is 5.82 Å². The molecular weight excluding hydrogens is 611 g/mol. The SMILES string of the molecule is N#Cc1c(-n2c3ccc(-c4ccc5c(c4)c4ccccc4n5-c4ccccc4)cc3c3c4ccccc4ccc32)nc2ccccc2c1C#N. The van der Waals surface area contributed by atoms with Crippen molar-refractivity contribution in [2.24, 2.45) is 0 Å². The first kappa shape index (κ1) is 27.9. The number of para-hydroxylation sites is 3. The van der Waals surface area contributed by atoms with Crippen molar-refractivity contribution in [3.8, 4) is 34.8 Å². The van der Waals surface area contributed by atoms with Crippen LogP contribution >= 0.6 is 0 Å². The van der Waals surface area contributed by atoms with Gasteiger partial charge in [0, 0.05) is 32.6 Å². The minimum Gasteiger partial charge on any atom is -0.309 e. The van der Waals surface area contributed by atoms with Crippen LogP contribution in [-0.2, 0) is 0 Å². The second-order valence-electron chi connectivity index (χ2n) is 12.6. The predicted molar refractivity (Wildman–Crippen MR) is 203 cm³/mol. The van der Waals surface area contributed by atoms with Gasteiger partial charge in [-0.15, -0.1) is 0 Å². The Morgan fingerprint density at radius 3 is 1.82 bits per heavy atom. The summed E-state index contributed by atoms with van der Waals surface area (Å²) < 4.78 is 4.39. The molecule has 0 fully saturated rings. The number of rotatable bonds is 3. The van der Waals surface area contributed by atoms with E-state index in [2.05, 4.69) is 143 Å². The van der Waals surface area contributed by atoms with E-state index in [0.717, 1.165) is 54.9 Å². The first-order valence-corrected chi connectivity index (χ1v) is 16.5. The lowest BCUT2D eigenvalue weighted by atomic mass is 9.99. The zero-order valence-electron chi connectivity index (χ0n) is 26.7. The summed E-state index contributed by atoms with van der Waals surface area (Å²) >= 11 is 0. The highest BCUT2D eigenvalue weighted by atomic mass is 15.1. The van der Waals surface area contributed by atoms with Gasteiger partial charge < -0.3 is 4.57 Å². The summed E-state index contributed by atoms with van der Waals surface area (Å²) in [4.78, 5) is 5.04. The molecule has 5 heteroatoms. The summed E-state index contributed by atoms with van der Waals surface area (Å²) in [6.45, 7) is 0. The van der Waals surface area contributed by atoms with Gasteiger partial charge in [0.2, 0.25) is 0 Å². The highest BCUT2D eigenvalue weighted by molar-refractivity contribution is 6.22. The van der Waals surface area contributed by atoms with E-state index < -0.39 is 0 Å². The monoisotopic (exact) mass is 635 g/mol. The number of hydrogen-bond donors (Lipinski definition) is 0. The zero-order chi connectivity index (χ0) is 33.3. The molecule has 0 unspecified atom stereocenters. The molecule has 50 heavy (non-hydrogen) atoms. The van der Waals surface area contributed by atoms with E-state index in [0.29, 0.717) is 22.3 Å². The van der Waals surface area contributed by atoms with Crippen LogP contribution in [-0.4, -0.2) is 14.1 Å². The van der Waals surface area contributed by atoms with E-state index in [-0.39, 0.29) is 5.56 Å². The summed E-state index contributed by atoms with van der Waals surface area (Å²) in [5, 5.41) is 28.2. The van der Waals surface area contributed by atoms with Gasteiger partial charge in [0.05, 0.1) is 33.1 Å². The molecule has 5 nitrogen and oxygen atoms in total. The summed E-state index contributed by atoms with van der Waals surface area (Å²) in [5.41, 5.74) is 8.79. The Morgan fingerprint density at radius 2 is 1.04 bits per heavy atom. The molecule has 230 valence electrons. The van der Waals surface area contributed by atoms with E-state index in [1.165, 1.54) is 16.3 Å². The first-order valence-electron chi connectivity index (χ1n) is 16.5. The molecule has 0 saturated carbocycles. The molecule has 0 bridgehead atoms. The molecule has 0 aliphatic carbocycles. The Balaban J connectivity index is 1.27. The van der Waals surface area contributed by atoms with Crippen molar-refractivity contribution in [1.82, 2.24) is 14.1 Å². The second-order valence-corrected chi connectivity index (χ2v) is 12.6. The van der Waals surface area contributed by atoms with Crippen LogP contribution in [0.25, 0.3) is 87.9 Å². The molecule has 3 aromatic heterocycles.